The van der Waals surface area contributed by atoms with E-state index < -0.39 is 23.7 Å². The predicted octanol–water partition coefficient (Wildman–Crippen LogP) is 0.383. The molecular formula is C14H16ClFN4O3. The van der Waals surface area contributed by atoms with E-state index in [0.29, 0.717) is 25.1 Å². The Morgan fingerprint density at radius 2 is 2.13 bits per heavy atom. The zero-order valence-electron chi connectivity index (χ0n) is 12.1. The number of nitrogens with zero attached hydrogens (tertiary/aromatic N) is 1. The molecule has 1 saturated heterocycles. The summed E-state index contributed by atoms with van der Waals surface area (Å²) >= 11 is 0. The first-order chi connectivity index (χ1) is 10.5. The van der Waals surface area contributed by atoms with Crippen molar-refractivity contribution in [3.8, 4) is 0 Å². The highest BCUT2D eigenvalue weighted by Gasteiger charge is 2.28. The Hall–Kier alpha value is -2.19. The largest absolute Gasteiger partial charge is 0.325 e. The van der Waals surface area contributed by atoms with Gasteiger partial charge in [0.05, 0.1) is 5.69 Å². The van der Waals surface area contributed by atoms with Gasteiger partial charge in [0, 0.05) is 6.54 Å². The molecule has 0 unspecified atom stereocenters. The third-order valence-corrected chi connectivity index (χ3v) is 3.68. The summed E-state index contributed by atoms with van der Waals surface area (Å²) in [6.45, 7) is 0.841. The third-order valence-electron chi connectivity index (χ3n) is 3.68. The molecule has 2 heterocycles. The zero-order valence-corrected chi connectivity index (χ0v) is 13.0. The number of imide groups is 1. The van der Waals surface area contributed by atoms with Crippen LogP contribution in [0.15, 0.2) is 12.1 Å². The quantitative estimate of drug-likeness (QED) is 0.693. The van der Waals surface area contributed by atoms with E-state index in [2.05, 4.69) is 16.0 Å². The van der Waals surface area contributed by atoms with Crippen LogP contribution in [0, 0.1) is 5.82 Å². The van der Waals surface area contributed by atoms with Crippen LogP contribution in [0.4, 0.5) is 14.9 Å². The van der Waals surface area contributed by atoms with Crippen molar-refractivity contribution in [1.82, 2.24) is 15.5 Å². The van der Waals surface area contributed by atoms with Gasteiger partial charge in [-0.15, -0.1) is 12.4 Å². The van der Waals surface area contributed by atoms with Crippen molar-refractivity contribution in [1.29, 1.82) is 0 Å². The molecule has 0 aliphatic carbocycles. The van der Waals surface area contributed by atoms with E-state index in [1.165, 1.54) is 6.07 Å². The first-order valence-corrected chi connectivity index (χ1v) is 6.94. The Bertz CT molecular complexity index is 668. The number of benzene rings is 1. The number of hydrogen-bond donors (Lipinski definition) is 3. The number of halogens is 2. The molecule has 2 aliphatic rings. The SMILES string of the molecule is Cl.O=C1CN(CC(=O)Nc2ccc3c(c2F)CCNC3)C(=O)N1. The first kappa shape index (κ1) is 17.2. The summed E-state index contributed by atoms with van der Waals surface area (Å²) in [5.41, 5.74) is 1.58. The van der Waals surface area contributed by atoms with E-state index in [9.17, 15) is 18.8 Å². The molecule has 23 heavy (non-hydrogen) atoms. The minimum Gasteiger partial charge on any atom is -0.322 e. The molecule has 1 fully saturated rings. The zero-order chi connectivity index (χ0) is 15.7. The Balaban J connectivity index is 0.00000192. The molecular weight excluding hydrogens is 327 g/mol. The number of nitrogens with one attached hydrogen (secondary N) is 3. The third kappa shape index (κ3) is 3.59. The summed E-state index contributed by atoms with van der Waals surface area (Å²) in [4.78, 5) is 35.4. The highest BCUT2D eigenvalue weighted by atomic mass is 35.5. The molecule has 0 saturated carbocycles. The smallest absolute Gasteiger partial charge is 0.322 e. The number of fused-ring (bicyclic) bond motifs is 1. The van der Waals surface area contributed by atoms with Crippen molar-refractivity contribution in [2.24, 2.45) is 0 Å². The van der Waals surface area contributed by atoms with Gasteiger partial charge in [0.15, 0.2) is 0 Å². The van der Waals surface area contributed by atoms with Gasteiger partial charge in [0.25, 0.3) is 0 Å². The fourth-order valence-corrected chi connectivity index (χ4v) is 2.60. The summed E-state index contributed by atoms with van der Waals surface area (Å²) in [5.74, 6) is -1.43. The van der Waals surface area contributed by atoms with Crippen molar-refractivity contribution in [2.75, 3.05) is 25.0 Å². The van der Waals surface area contributed by atoms with Crippen molar-refractivity contribution >= 4 is 35.9 Å². The monoisotopic (exact) mass is 342 g/mol. The molecule has 7 nitrogen and oxygen atoms in total. The van der Waals surface area contributed by atoms with Crippen molar-refractivity contribution < 1.29 is 18.8 Å². The van der Waals surface area contributed by atoms with Crippen LogP contribution in [0.3, 0.4) is 0 Å². The van der Waals surface area contributed by atoms with E-state index in [1.54, 1.807) is 6.07 Å². The van der Waals surface area contributed by atoms with Crippen molar-refractivity contribution in [3.63, 3.8) is 0 Å². The highest BCUT2D eigenvalue weighted by molar-refractivity contribution is 6.04. The minimum atomic E-state index is -0.614. The molecule has 0 aromatic heterocycles. The topological polar surface area (TPSA) is 90.5 Å². The predicted molar refractivity (Wildman–Crippen MR) is 82.8 cm³/mol. The van der Waals surface area contributed by atoms with Crippen LogP contribution in [0.2, 0.25) is 0 Å². The van der Waals surface area contributed by atoms with Crippen LogP contribution >= 0.6 is 12.4 Å². The van der Waals surface area contributed by atoms with Gasteiger partial charge >= 0.3 is 6.03 Å². The maximum atomic E-state index is 14.4. The minimum absolute atomic E-state index is 0. The van der Waals surface area contributed by atoms with Crippen LogP contribution in [0.5, 0.6) is 0 Å². The number of rotatable bonds is 3. The molecule has 0 atom stereocenters. The maximum Gasteiger partial charge on any atom is 0.325 e. The number of carbonyl (C=O) groups is 3. The van der Waals surface area contributed by atoms with Crippen LogP contribution in [0.1, 0.15) is 11.1 Å². The maximum absolute atomic E-state index is 14.4. The molecule has 0 bridgehead atoms. The summed E-state index contributed by atoms with van der Waals surface area (Å²) < 4.78 is 14.4. The molecule has 3 N–H and O–H groups in total. The highest BCUT2D eigenvalue weighted by Crippen LogP contribution is 2.24. The van der Waals surface area contributed by atoms with Gasteiger partial charge in [-0.2, -0.15) is 0 Å². The summed E-state index contributed by atoms with van der Waals surface area (Å²) in [7, 11) is 0. The van der Waals surface area contributed by atoms with Crippen molar-refractivity contribution in [3.05, 3.63) is 29.1 Å². The second-order valence-corrected chi connectivity index (χ2v) is 5.25. The molecule has 9 heteroatoms. The van der Waals surface area contributed by atoms with Crippen LogP contribution in [-0.2, 0) is 22.6 Å². The summed E-state index contributed by atoms with van der Waals surface area (Å²) in [6.07, 6.45) is 0.563. The van der Waals surface area contributed by atoms with E-state index in [1.807, 2.05) is 0 Å². The Labute approximate surface area is 138 Å². The second-order valence-electron chi connectivity index (χ2n) is 5.25. The molecule has 1 aromatic carbocycles. The molecule has 0 spiro atoms. The number of amides is 4. The van der Waals surface area contributed by atoms with Gasteiger partial charge in [-0.25, -0.2) is 9.18 Å². The molecule has 2 aliphatic heterocycles. The normalized spacial score (nSPS) is 16.5. The fraction of sp³-hybridized carbons (Fsp3) is 0.357. The molecule has 124 valence electrons. The molecule has 3 rings (SSSR count). The number of carbonyl (C=O) groups excluding carboxylic acids is 3. The molecule has 4 amide bonds. The second kappa shape index (κ2) is 6.93. The van der Waals surface area contributed by atoms with Crippen LogP contribution in [-0.4, -0.2) is 42.4 Å². The van der Waals surface area contributed by atoms with E-state index in [0.717, 1.165) is 10.5 Å². The fourth-order valence-electron chi connectivity index (χ4n) is 2.60. The number of urea groups is 1. The lowest BCUT2D eigenvalue weighted by Gasteiger charge is -2.20. The van der Waals surface area contributed by atoms with Crippen molar-refractivity contribution in [2.45, 2.75) is 13.0 Å². The first-order valence-electron chi connectivity index (χ1n) is 6.94. The average Bonchev–Trinajstić information content (AvgIpc) is 2.80. The van der Waals surface area contributed by atoms with Gasteiger partial charge in [-0.05, 0) is 30.2 Å². The van der Waals surface area contributed by atoms with Gasteiger partial charge in [0.2, 0.25) is 11.8 Å². The molecule has 1 aromatic rings. The lowest BCUT2D eigenvalue weighted by Crippen LogP contribution is -2.36. The van der Waals surface area contributed by atoms with E-state index in [4.69, 9.17) is 0 Å². The van der Waals surface area contributed by atoms with E-state index >= 15 is 0 Å². The summed E-state index contributed by atoms with van der Waals surface area (Å²) in [6, 6.07) is 2.66. The Morgan fingerprint density at radius 1 is 1.35 bits per heavy atom. The van der Waals surface area contributed by atoms with Gasteiger partial charge in [-0.1, -0.05) is 6.07 Å². The number of anilines is 1. The van der Waals surface area contributed by atoms with Crippen LogP contribution < -0.4 is 16.0 Å². The summed E-state index contributed by atoms with van der Waals surface area (Å²) in [5, 5.41) is 7.68. The average molecular weight is 343 g/mol. The standard InChI is InChI=1S/C14H15FN4O3.ClH/c15-13-9-3-4-16-5-8(9)1-2-10(13)17-11(20)6-19-7-12(21)18-14(19)22;/h1-2,16H,3-7H2,(H,17,20)(H,18,21,22);1H. The van der Waals surface area contributed by atoms with Crippen LogP contribution in [0.25, 0.3) is 0 Å². The van der Waals surface area contributed by atoms with Gasteiger partial charge in [0.1, 0.15) is 18.9 Å². The Kier molecular flexibility index (Phi) is 5.17. The lowest BCUT2D eigenvalue weighted by atomic mass is 9.99. The number of hydrogen-bond acceptors (Lipinski definition) is 4. The van der Waals surface area contributed by atoms with E-state index in [-0.39, 0.29) is 31.2 Å². The van der Waals surface area contributed by atoms with Gasteiger partial charge in [-0.3, -0.25) is 14.9 Å². The lowest BCUT2D eigenvalue weighted by molar-refractivity contribution is -0.119. The Morgan fingerprint density at radius 3 is 2.83 bits per heavy atom. The van der Waals surface area contributed by atoms with Gasteiger partial charge < -0.3 is 15.5 Å². The molecule has 0 radical (unpaired) electrons.